The van der Waals surface area contributed by atoms with Gasteiger partial charge in [-0.05, 0) is 31.1 Å². The van der Waals surface area contributed by atoms with E-state index in [-0.39, 0.29) is 18.0 Å². The second-order valence-corrected chi connectivity index (χ2v) is 6.08. The standard InChI is InChI=1S/C14H24O2/c1-4-5-7-14(3)8-6-11-10(2)13(15)16-12(11)9-14/h10-12H,4-9H2,1-3H3/t10?,11-,12?,14-/m0/s1. The summed E-state index contributed by atoms with van der Waals surface area (Å²) in [5.74, 6) is 0.678. The van der Waals surface area contributed by atoms with Crippen molar-refractivity contribution >= 4 is 5.97 Å². The zero-order valence-electron chi connectivity index (χ0n) is 10.8. The Morgan fingerprint density at radius 1 is 1.50 bits per heavy atom. The first kappa shape index (κ1) is 11.9. The van der Waals surface area contributed by atoms with Crippen molar-refractivity contribution < 1.29 is 9.53 Å². The van der Waals surface area contributed by atoms with E-state index in [2.05, 4.69) is 13.8 Å². The van der Waals surface area contributed by atoms with E-state index in [1.807, 2.05) is 6.92 Å². The van der Waals surface area contributed by atoms with Crippen LogP contribution in [-0.2, 0) is 9.53 Å². The van der Waals surface area contributed by atoms with Gasteiger partial charge in [-0.25, -0.2) is 0 Å². The summed E-state index contributed by atoms with van der Waals surface area (Å²) in [6.45, 7) is 6.64. The molecule has 1 saturated heterocycles. The molecule has 16 heavy (non-hydrogen) atoms. The van der Waals surface area contributed by atoms with Gasteiger partial charge in [-0.15, -0.1) is 0 Å². The van der Waals surface area contributed by atoms with Crippen molar-refractivity contribution in [1.82, 2.24) is 0 Å². The van der Waals surface area contributed by atoms with Crippen LogP contribution in [0, 0.1) is 17.3 Å². The van der Waals surface area contributed by atoms with E-state index in [9.17, 15) is 4.79 Å². The highest BCUT2D eigenvalue weighted by Crippen LogP contribution is 2.48. The molecule has 0 aromatic rings. The average Bonchev–Trinajstić information content (AvgIpc) is 2.51. The van der Waals surface area contributed by atoms with E-state index >= 15 is 0 Å². The summed E-state index contributed by atoms with van der Waals surface area (Å²) >= 11 is 0. The highest BCUT2D eigenvalue weighted by molar-refractivity contribution is 5.74. The highest BCUT2D eigenvalue weighted by atomic mass is 16.6. The number of rotatable bonds is 3. The van der Waals surface area contributed by atoms with Gasteiger partial charge in [0.05, 0.1) is 5.92 Å². The summed E-state index contributed by atoms with van der Waals surface area (Å²) < 4.78 is 5.51. The number of hydrogen-bond donors (Lipinski definition) is 0. The molecule has 2 nitrogen and oxygen atoms in total. The summed E-state index contributed by atoms with van der Waals surface area (Å²) in [6.07, 6.45) is 7.62. The van der Waals surface area contributed by atoms with Crippen molar-refractivity contribution in [3.05, 3.63) is 0 Å². The summed E-state index contributed by atoms with van der Waals surface area (Å²) in [4.78, 5) is 11.5. The maximum atomic E-state index is 11.5. The Kier molecular flexibility index (Phi) is 3.27. The van der Waals surface area contributed by atoms with E-state index in [0.717, 1.165) is 6.42 Å². The van der Waals surface area contributed by atoms with E-state index in [1.54, 1.807) is 0 Å². The van der Waals surface area contributed by atoms with Crippen molar-refractivity contribution in [2.45, 2.75) is 65.4 Å². The van der Waals surface area contributed by atoms with E-state index in [4.69, 9.17) is 4.74 Å². The van der Waals surface area contributed by atoms with Gasteiger partial charge in [0.2, 0.25) is 0 Å². The fourth-order valence-electron chi connectivity index (χ4n) is 3.40. The molecular formula is C14H24O2. The zero-order chi connectivity index (χ0) is 11.8. The second-order valence-electron chi connectivity index (χ2n) is 6.08. The first-order valence-corrected chi connectivity index (χ1v) is 6.76. The smallest absolute Gasteiger partial charge is 0.309 e. The Labute approximate surface area is 98.7 Å². The highest BCUT2D eigenvalue weighted by Gasteiger charge is 2.48. The van der Waals surface area contributed by atoms with Gasteiger partial charge in [-0.3, -0.25) is 4.79 Å². The molecule has 1 heterocycles. The van der Waals surface area contributed by atoms with Crippen molar-refractivity contribution in [3.8, 4) is 0 Å². The van der Waals surface area contributed by atoms with Gasteiger partial charge in [0.15, 0.2) is 0 Å². The van der Waals surface area contributed by atoms with Crippen LogP contribution in [-0.4, -0.2) is 12.1 Å². The predicted molar refractivity (Wildman–Crippen MR) is 64.0 cm³/mol. The van der Waals surface area contributed by atoms with Crippen molar-refractivity contribution in [1.29, 1.82) is 0 Å². The molecule has 0 radical (unpaired) electrons. The Hall–Kier alpha value is -0.530. The molecule has 0 bridgehead atoms. The average molecular weight is 224 g/mol. The molecule has 1 aliphatic carbocycles. The first-order chi connectivity index (χ1) is 7.56. The molecule has 2 rings (SSSR count). The normalized spacial score (nSPS) is 42.9. The van der Waals surface area contributed by atoms with E-state index in [1.165, 1.54) is 32.1 Å². The lowest BCUT2D eigenvalue weighted by Crippen LogP contribution is -2.34. The molecule has 2 unspecified atom stereocenters. The van der Waals surface area contributed by atoms with Crippen LogP contribution in [0.15, 0.2) is 0 Å². The molecule has 1 aliphatic heterocycles. The first-order valence-electron chi connectivity index (χ1n) is 6.76. The van der Waals surface area contributed by atoms with Crippen LogP contribution in [0.5, 0.6) is 0 Å². The largest absolute Gasteiger partial charge is 0.462 e. The maximum Gasteiger partial charge on any atom is 0.309 e. The monoisotopic (exact) mass is 224 g/mol. The predicted octanol–water partition coefficient (Wildman–Crippen LogP) is 3.54. The molecular weight excluding hydrogens is 200 g/mol. The topological polar surface area (TPSA) is 26.3 Å². The van der Waals surface area contributed by atoms with Gasteiger partial charge in [0.1, 0.15) is 6.10 Å². The summed E-state index contributed by atoms with van der Waals surface area (Å²) in [6, 6.07) is 0. The lowest BCUT2D eigenvalue weighted by atomic mass is 9.66. The SMILES string of the molecule is CCCC[C@@]1(C)CC[C@@H]2C(C1)OC(=O)C2C. The van der Waals surface area contributed by atoms with Gasteiger partial charge < -0.3 is 4.74 Å². The molecule has 92 valence electrons. The molecule has 2 aliphatic rings. The molecule has 0 spiro atoms. The van der Waals surface area contributed by atoms with Crippen LogP contribution in [0.4, 0.5) is 0 Å². The number of esters is 1. The number of hydrogen-bond acceptors (Lipinski definition) is 2. The number of unbranched alkanes of at least 4 members (excludes halogenated alkanes) is 1. The maximum absolute atomic E-state index is 11.5. The van der Waals surface area contributed by atoms with Crippen LogP contribution in [0.25, 0.3) is 0 Å². The quantitative estimate of drug-likeness (QED) is 0.685. The Balaban J connectivity index is 1.98. The minimum Gasteiger partial charge on any atom is -0.462 e. The molecule has 1 saturated carbocycles. The number of carbonyl (C=O) groups is 1. The molecule has 2 fully saturated rings. The lowest BCUT2D eigenvalue weighted by Gasteiger charge is -2.39. The second kappa shape index (κ2) is 4.38. The molecule has 2 heteroatoms. The molecule has 0 N–H and O–H groups in total. The number of ether oxygens (including phenoxy) is 1. The molecule has 4 atom stereocenters. The van der Waals surface area contributed by atoms with E-state index in [0.29, 0.717) is 11.3 Å². The van der Waals surface area contributed by atoms with E-state index < -0.39 is 0 Å². The molecule has 0 aromatic carbocycles. The van der Waals surface area contributed by atoms with Crippen LogP contribution in [0.3, 0.4) is 0 Å². The van der Waals surface area contributed by atoms with Crippen molar-refractivity contribution in [3.63, 3.8) is 0 Å². The van der Waals surface area contributed by atoms with Gasteiger partial charge in [-0.1, -0.05) is 33.6 Å². The third-order valence-electron chi connectivity index (χ3n) is 4.67. The molecule has 0 aromatic heterocycles. The minimum absolute atomic E-state index is 0.0368. The van der Waals surface area contributed by atoms with Crippen LogP contribution in [0.1, 0.15) is 59.3 Å². The van der Waals surface area contributed by atoms with Crippen molar-refractivity contribution in [2.75, 3.05) is 0 Å². The van der Waals surface area contributed by atoms with Gasteiger partial charge >= 0.3 is 5.97 Å². The third kappa shape index (κ3) is 2.11. The Morgan fingerprint density at radius 2 is 2.25 bits per heavy atom. The van der Waals surface area contributed by atoms with Crippen LogP contribution in [0.2, 0.25) is 0 Å². The number of fused-ring (bicyclic) bond motifs is 1. The fourth-order valence-corrected chi connectivity index (χ4v) is 3.40. The third-order valence-corrected chi connectivity index (χ3v) is 4.67. The Bertz CT molecular complexity index is 274. The Morgan fingerprint density at radius 3 is 2.94 bits per heavy atom. The lowest BCUT2D eigenvalue weighted by molar-refractivity contribution is -0.145. The number of carbonyl (C=O) groups excluding carboxylic acids is 1. The minimum atomic E-state index is 0.0368. The summed E-state index contributed by atoms with van der Waals surface area (Å²) in [5.41, 5.74) is 0.418. The fraction of sp³-hybridized carbons (Fsp3) is 0.929. The molecule has 0 amide bonds. The zero-order valence-corrected chi connectivity index (χ0v) is 10.8. The van der Waals surface area contributed by atoms with Crippen molar-refractivity contribution in [2.24, 2.45) is 17.3 Å². The van der Waals surface area contributed by atoms with Crippen LogP contribution < -0.4 is 0 Å². The summed E-state index contributed by atoms with van der Waals surface area (Å²) in [7, 11) is 0. The summed E-state index contributed by atoms with van der Waals surface area (Å²) in [5, 5.41) is 0. The van der Waals surface area contributed by atoms with Gasteiger partial charge in [0, 0.05) is 5.92 Å². The van der Waals surface area contributed by atoms with Gasteiger partial charge in [-0.2, -0.15) is 0 Å². The van der Waals surface area contributed by atoms with Crippen LogP contribution >= 0.6 is 0 Å². The van der Waals surface area contributed by atoms with Gasteiger partial charge in [0.25, 0.3) is 0 Å².